The van der Waals surface area contributed by atoms with Crippen LogP contribution in [0.1, 0.15) is 62.5 Å². The minimum absolute atomic E-state index is 0.0132. The highest BCUT2D eigenvalue weighted by atomic mass is 32.2. The number of nitrogens with zero attached hydrogens (tertiary/aromatic N) is 2. The molecule has 2 aliphatic rings. The molecule has 174 valence electrons. The molecule has 10 nitrogen and oxygen atoms in total. The molecule has 1 aromatic rings. The van der Waals surface area contributed by atoms with E-state index >= 15 is 0 Å². The van der Waals surface area contributed by atoms with Gasteiger partial charge in [-0.25, -0.2) is 8.42 Å². The number of ether oxygens (including phenoxy) is 1. The van der Waals surface area contributed by atoms with E-state index in [2.05, 4.69) is 20.8 Å². The number of sulfone groups is 1. The highest BCUT2D eigenvalue weighted by molar-refractivity contribution is 7.91. The molecule has 2 fully saturated rings. The zero-order valence-electron chi connectivity index (χ0n) is 18.1. The van der Waals surface area contributed by atoms with Gasteiger partial charge >= 0.3 is 0 Å². The molecule has 1 aromatic heterocycles. The van der Waals surface area contributed by atoms with Gasteiger partial charge in [-0.3, -0.25) is 9.59 Å². The van der Waals surface area contributed by atoms with Gasteiger partial charge in [0.25, 0.3) is 0 Å². The summed E-state index contributed by atoms with van der Waals surface area (Å²) in [5.41, 5.74) is 0. The summed E-state index contributed by atoms with van der Waals surface area (Å²) in [5, 5.41) is 9.59. The lowest BCUT2D eigenvalue weighted by Gasteiger charge is -2.29. The third-order valence-electron chi connectivity index (χ3n) is 5.61. The molecule has 2 atom stereocenters. The van der Waals surface area contributed by atoms with E-state index in [1.54, 1.807) is 6.92 Å². The Morgan fingerprint density at radius 1 is 1.13 bits per heavy atom. The molecule has 11 heteroatoms. The molecule has 1 aliphatic heterocycles. The first kappa shape index (κ1) is 23.8. The van der Waals surface area contributed by atoms with Crippen molar-refractivity contribution < 1.29 is 27.3 Å². The smallest absolute Gasteiger partial charge is 0.240 e. The number of hydrogen-bond donors (Lipinski definition) is 2. The van der Waals surface area contributed by atoms with Crippen LogP contribution in [0.25, 0.3) is 0 Å². The molecule has 3 rings (SSSR count). The van der Waals surface area contributed by atoms with Gasteiger partial charge in [0.05, 0.1) is 17.5 Å². The Morgan fingerprint density at radius 2 is 1.84 bits per heavy atom. The standard InChI is InChI=1S/C20H32N4O6S/c1-3-15(18(25)19-23-17(4-2)30-24-19)22-20(26)16(21-14-7-9-29-10-8-14)12-31(27,28)11-13-5-6-13/h13-16,21H,3-12H2,1-2H3,(H,22,26). The molecular formula is C20H32N4O6S. The maximum absolute atomic E-state index is 13.1. The van der Waals surface area contributed by atoms with E-state index in [-0.39, 0.29) is 29.3 Å². The molecule has 0 radical (unpaired) electrons. The van der Waals surface area contributed by atoms with Crippen LogP contribution >= 0.6 is 0 Å². The molecule has 1 aliphatic carbocycles. The second-order valence-electron chi connectivity index (χ2n) is 8.33. The van der Waals surface area contributed by atoms with Crippen molar-refractivity contribution in [3.63, 3.8) is 0 Å². The van der Waals surface area contributed by atoms with Crippen LogP contribution in [0.4, 0.5) is 0 Å². The van der Waals surface area contributed by atoms with Crippen molar-refractivity contribution in [2.75, 3.05) is 24.7 Å². The Morgan fingerprint density at radius 3 is 2.42 bits per heavy atom. The van der Waals surface area contributed by atoms with Crippen LogP contribution in [-0.2, 0) is 25.8 Å². The van der Waals surface area contributed by atoms with Crippen molar-refractivity contribution >= 4 is 21.5 Å². The molecule has 0 spiro atoms. The third-order valence-corrected chi connectivity index (χ3v) is 7.43. The van der Waals surface area contributed by atoms with Gasteiger partial charge in [0.1, 0.15) is 6.04 Å². The Labute approximate surface area is 182 Å². The van der Waals surface area contributed by atoms with Crippen molar-refractivity contribution in [1.82, 2.24) is 20.8 Å². The second-order valence-corrected chi connectivity index (χ2v) is 10.5. The van der Waals surface area contributed by atoms with Crippen molar-refractivity contribution in [2.45, 2.75) is 70.5 Å². The third kappa shape index (κ3) is 7.08. The van der Waals surface area contributed by atoms with Gasteiger partial charge in [-0.2, -0.15) is 4.98 Å². The number of aromatic nitrogens is 2. The molecule has 0 aromatic carbocycles. The number of amides is 1. The number of rotatable bonds is 12. The van der Waals surface area contributed by atoms with E-state index in [0.29, 0.717) is 44.8 Å². The summed E-state index contributed by atoms with van der Waals surface area (Å²) < 4.78 is 35.6. The van der Waals surface area contributed by atoms with Crippen LogP contribution in [0.15, 0.2) is 4.52 Å². The predicted molar refractivity (Wildman–Crippen MR) is 112 cm³/mol. The second kappa shape index (κ2) is 10.6. The number of carbonyl (C=O) groups is 2. The maximum Gasteiger partial charge on any atom is 0.240 e. The van der Waals surface area contributed by atoms with Crippen LogP contribution in [0.2, 0.25) is 0 Å². The first-order chi connectivity index (χ1) is 14.8. The van der Waals surface area contributed by atoms with Crippen LogP contribution in [0.3, 0.4) is 0 Å². The normalized spacial score (nSPS) is 19.7. The summed E-state index contributed by atoms with van der Waals surface area (Å²) in [7, 11) is -3.41. The van der Waals surface area contributed by atoms with Gasteiger partial charge in [0.2, 0.25) is 23.4 Å². The number of Topliss-reactive ketones (excluding diaryl/α,β-unsaturated/α-hetero) is 1. The average Bonchev–Trinajstić information content (AvgIpc) is 3.41. The maximum atomic E-state index is 13.1. The molecule has 1 amide bonds. The van der Waals surface area contributed by atoms with Gasteiger partial charge in [0.15, 0.2) is 9.84 Å². The van der Waals surface area contributed by atoms with E-state index in [0.717, 1.165) is 12.8 Å². The van der Waals surface area contributed by atoms with E-state index in [1.807, 2.05) is 6.92 Å². The van der Waals surface area contributed by atoms with Crippen LogP contribution in [-0.4, -0.2) is 73.1 Å². The molecular weight excluding hydrogens is 424 g/mol. The van der Waals surface area contributed by atoms with Crippen molar-refractivity contribution in [3.8, 4) is 0 Å². The number of hydrogen-bond acceptors (Lipinski definition) is 9. The topological polar surface area (TPSA) is 140 Å². The zero-order valence-corrected chi connectivity index (χ0v) is 18.9. The van der Waals surface area contributed by atoms with E-state index < -0.39 is 33.6 Å². The van der Waals surface area contributed by atoms with E-state index in [4.69, 9.17) is 9.26 Å². The Bertz CT molecular complexity index is 861. The first-order valence-corrected chi connectivity index (χ1v) is 12.8. The summed E-state index contributed by atoms with van der Waals surface area (Å²) in [5.74, 6) is -0.693. The van der Waals surface area contributed by atoms with E-state index in [1.165, 1.54) is 0 Å². The minimum Gasteiger partial charge on any atom is -0.381 e. The van der Waals surface area contributed by atoms with Crippen molar-refractivity contribution in [1.29, 1.82) is 0 Å². The van der Waals surface area contributed by atoms with E-state index in [9.17, 15) is 18.0 Å². The predicted octanol–water partition coefficient (Wildman–Crippen LogP) is 0.672. The number of nitrogens with one attached hydrogen (secondary N) is 2. The van der Waals surface area contributed by atoms with Gasteiger partial charge in [-0.05, 0) is 38.0 Å². The highest BCUT2D eigenvalue weighted by Gasteiger charge is 2.35. The van der Waals surface area contributed by atoms with Crippen LogP contribution < -0.4 is 10.6 Å². The molecule has 2 heterocycles. The summed E-state index contributed by atoms with van der Waals surface area (Å²) in [6.07, 6.45) is 4.05. The number of aryl methyl sites for hydroxylation is 1. The SMILES string of the molecule is CCc1nc(C(=O)C(CC)NC(=O)C(CS(=O)(=O)CC2CC2)NC2CCOCC2)no1. The summed E-state index contributed by atoms with van der Waals surface area (Å²) in [6, 6.07) is -1.81. The van der Waals surface area contributed by atoms with Crippen LogP contribution in [0, 0.1) is 5.92 Å². The largest absolute Gasteiger partial charge is 0.381 e. The summed E-state index contributed by atoms with van der Waals surface area (Å²) in [6.45, 7) is 4.72. The van der Waals surface area contributed by atoms with Gasteiger partial charge in [0, 0.05) is 25.7 Å². The molecule has 31 heavy (non-hydrogen) atoms. The number of ketones is 1. The monoisotopic (exact) mass is 456 g/mol. The number of carbonyl (C=O) groups excluding carboxylic acids is 2. The minimum atomic E-state index is -3.41. The lowest BCUT2D eigenvalue weighted by molar-refractivity contribution is -0.123. The van der Waals surface area contributed by atoms with Gasteiger partial charge < -0.3 is 19.9 Å². The van der Waals surface area contributed by atoms with Crippen molar-refractivity contribution in [3.05, 3.63) is 11.7 Å². The van der Waals surface area contributed by atoms with Crippen LogP contribution in [0.5, 0.6) is 0 Å². The fraction of sp³-hybridized carbons (Fsp3) is 0.800. The first-order valence-electron chi connectivity index (χ1n) is 11.0. The van der Waals surface area contributed by atoms with Gasteiger partial charge in [-0.15, -0.1) is 0 Å². The lowest BCUT2D eigenvalue weighted by Crippen LogP contribution is -2.56. The Kier molecular flexibility index (Phi) is 8.17. The quantitative estimate of drug-likeness (QED) is 0.434. The molecule has 1 saturated heterocycles. The average molecular weight is 457 g/mol. The molecule has 2 N–H and O–H groups in total. The Balaban J connectivity index is 1.69. The Hall–Kier alpha value is -1.85. The lowest BCUT2D eigenvalue weighted by atomic mass is 10.1. The highest BCUT2D eigenvalue weighted by Crippen LogP contribution is 2.30. The van der Waals surface area contributed by atoms with Crippen molar-refractivity contribution in [2.24, 2.45) is 5.92 Å². The van der Waals surface area contributed by atoms with Gasteiger partial charge in [-0.1, -0.05) is 19.0 Å². The zero-order chi connectivity index (χ0) is 22.4. The molecule has 1 saturated carbocycles. The fourth-order valence-electron chi connectivity index (χ4n) is 3.59. The fourth-order valence-corrected chi connectivity index (χ4v) is 5.54. The summed E-state index contributed by atoms with van der Waals surface area (Å²) >= 11 is 0. The summed E-state index contributed by atoms with van der Waals surface area (Å²) in [4.78, 5) is 29.9. The molecule has 0 bridgehead atoms. The molecule has 2 unspecified atom stereocenters.